The van der Waals surface area contributed by atoms with E-state index in [-0.39, 0.29) is 18.2 Å². The van der Waals surface area contributed by atoms with Gasteiger partial charge in [0.2, 0.25) is 0 Å². The molecule has 2 aromatic rings. The Morgan fingerprint density at radius 1 is 1.36 bits per heavy atom. The Morgan fingerprint density at radius 3 is 2.92 bits per heavy atom. The van der Waals surface area contributed by atoms with Crippen LogP contribution in [0.4, 0.5) is 5.69 Å². The van der Waals surface area contributed by atoms with Crippen LogP contribution in [0.15, 0.2) is 41.5 Å². The van der Waals surface area contributed by atoms with E-state index in [1.54, 1.807) is 18.2 Å². The number of carbonyl (C=O) groups excluding carboxylic acids is 1. The molecule has 0 bridgehead atoms. The number of carbonyl (C=O) groups is 1. The van der Waals surface area contributed by atoms with Gasteiger partial charge in [0.1, 0.15) is 0 Å². The molecule has 132 valence electrons. The molecule has 7 heteroatoms. The summed E-state index contributed by atoms with van der Waals surface area (Å²) in [5, 5.41) is 17.2. The van der Waals surface area contributed by atoms with E-state index in [0.29, 0.717) is 22.9 Å². The van der Waals surface area contributed by atoms with Crippen LogP contribution >= 0.6 is 11.6 Å². The Labute approximate surface area is 151 Å². The summed E-state index contributed by atoms with van der Waals surface area (Å²) in [6.45, 7) is 4.22. The topological polar surface area (TPSA) is 83.0 Å². The van der Waals surface area contributed by atoms with Crippen molar-refractivity contribution in [2.45, 2.75) is 13.8 Å². The minimum atomic E-state index is -0.292. The number of phenols is 1. The van der Waals surface area contributed by atoms with Crippen LogP contribution in [0.3, 0.4) is 0 Å². The number of hydrogen-bond acceptors (Lipinski definition) is 5. The SMILES string of the molecule is CCOc1cc(/C=N/NC(=O)CNc2cccc(Cl)c2C)ccc1O. The third-order valence-corrected chi connectivity index (χ3v) is 3.80. The maximum absolute atomic E-state index is 11.8. The van der Waals surface area contributed by atoms with E-state index in [2.05, 4.69) is 15.8 Å². The van der Waals surface area contributed by atoms with E-state index < -0.39 is 0 Å². The van der Waals surface area contributed by atoms with E-state index in [0.717, 1.165) is 11.3 Å². The maximum atomic E-state index is 11.8. The second-order valence-electron chi connectivity index (χ2n) is 5.22. The van der Waals surface area contributed by atoms with Crippen molar-refractivity contribution in [1.82, 2.24) is 5.43 Å². The molecular formula is C18H20ClN3O3. The third kappa shape index (κ3) is 5.39. The van der Waals surface area contributed by atoms with Crippen molar-refractivity contribution in [3.63, 3.8) is 0 Å². The van der Waals surface area contributed by atoms with Crippen LogP contribution < -0.4 is 15.5 Å². The number of amides is 1. The van der Waals surface area contributed by atoms with Crippen molar-refractivity contribution in [3.8, 4) is 11.5 Å². The fraction of sp³-hybridized carbons (Fsp3) is 0.222. The lowest BCUT2D eigenvalue weighted by atomic mass is 10.2. The standard InChI is InChI=1S/C18H20ClN3O3/c1-3-25-17-9-13(7-8-16(17)23)10-21-22-18(24)11-20-15-6-4-5-14(19)12(15)2/h4-10,20,23H,3,11H2,1-2H3,(H,22,24)/b21-10+. The quantitative estimate of drug-likeness (QED) is 0.522. The van der Waals surface area contributed by atoms with E-state index >= 15 is 0 Å². The molecular weight excluding hydrogens is 342 g/mol. The molecule has 0 unspecified atom stereocenters. The highest BCUT2D eigenvalue weighted by atomic mass is 35.5. The molecule has 0 aliphatic carbocycles. The predicted octanol–water partition coefficient (Wildman–Crippen LogP) is 3.31. The van der Waals surface area contributed by atoms with Crippen LogP contribution in [0.2, 0.25) is 5.02 Å². The number of hydrogen-bond donors (Lipinski definition) is 3. The van der Waals surface area contributed by atoms with Gasteiger partial charge in [-0.25, -0.2) is 5.43 Å². The fourth-order valence-electron chi connectivity index (χ4n) is 2.07. The number of benzene rings is 2. The molecule has 2 rings (SSSR count). The largest absolute Gasteiger partial charge is 0.504 e. The fourth-order valence-corrected chi connectivity index (χ4v) is 2.25. The van der Waals surface area contributed by atoms with Gasteiger partial charge in [-0.05, 0) is 55.3 Å². The molecule has 0 aliphatic heterocycles. The second-order valence-corrected chi connectivity index (χ2v) is 5.63. The van der Waals surface area contributed by atoms with E-state index in [1.165, 1.54) is 12.3 Å². The Morgan fingerprint density at radius 2 is 2.16 bits per heavy atom. The zero-order valence-corrected chi connectivity index (χ0v) is 14.8. The Hall–Kier alpha value is -2.73. The third-order valence-electron chi connectivity index (χ3n) is 3.39. The van der Waals surface area contributed by atoms with Gasteiger partial charge in [0, 0.05) is 10.7 Å². The lowest BCUT2D eigenvalue weighted by Crippen LogP contribution is -2.26. The van der Waals surface area contributed by atoms with Crippen LogP contribution in [0.5, 0.6) is 11.5 Å². The first-order valence-electron chi connectivity index (χ1n) is 7.78. The first-order chi connectivity index (χ1) is 12.0. The normalized spacial score (nSPS) is 10.7. The Kier molecular flexibility index (Phi) is 6.65. The van der Waals surface area contributed by atoms with Gasteiger partial charge in [-0.1, -0.05) is 17.7 Å². The van der Waals surface area contributed by atoms with Crippen LogP contribution in [0, 0.1) is 6.92 Å². The highest BCUT2D eigenvalue weighted by Gasteiger charge is 2.05. The van der Waals surface area contributed by atoms with Crippen molar-refractivity contribution < 1.29 is 14.6 Å². The number of nitrogens with zero attached hydrogens (tertiary/aromatic N) is 1. The van der Waals surface area contributed by atoms with E-state index in [9.17, 15) is 9.90 Å². The van der Waals surface area contributed by atoms with Crippen molar-refractivity contribution in [2.24, 2.45) is 5.10 Å². The van der Waals surface area contributed by atoms with Gasteiger partial charge >= 0.3 is 0 Å². The molecule has 0 aliphatic rings. The summed E-state index contributed by atoms with van der Waals surface area (Å²) in [5.41, 5.74) is 4.81. The Bertz CT molecular complexity index is 778. The molecule has 0 fully saturated rings. The molecule has 25 heavy (non-hydrogen) atoms. The van der Waals surface area contributed by atoms with Crippen molar-refractivity contribution in [1.29, 1.82) is 0 Å². The number of anilines is 1. The molecule has 0 heterocycles. The predicted molar refractivity (Wildman–Crippen MR) is 99.7 cm³/mol. The van der Waals surface area contributed by atoms with Gasteiger partial charge < -0.3 is 15.2 Å². The summed E-state index contributed by atoms with van der Waals surface area (Å²) < 4.78 is 5.29. The molecule has 0 saturated heterocycles. The highest BCUT2D eigenvalue weighted by Crippen LogP contribution is 2.26. The van der Waals surface area contributed by atoms with Gasteiger partial charge in [-0.15, -0.1) is 0 Å². The highest BCUT2D eigenvalue weighted by molar-refractivity contribution is 6.31. The molecule has 3 N–H and O–H groups in total. The summed E-state index contributed by atoms with van der Waals surface area (Å²) in [6.07, 6.45) is 1.48. The Balaban J connectivity index is 1.88. The zero-order valence-electron chi connectivity index (χ0n) is 14.0. The first kappa shape index (κ1) is 18.6. The minimum Gasteiger partial charge on any atom is -0.504 e. The van der Waals surface area contributed by atoms with Crippen molar-refractivity contribution in [2.75, 3.05) is 18.5 Å². The van der Waals surface area contributed by atoms with Crippen molar-refractivity contribution >= 4 is 29.4 Å². The van der Waals surface area contributed by atoms with Gasteiger partial charge in [0.25, 0.3) is 5.91 Å². The maximum Gasteiger partial charge on any atom is 0.259 e. The number of rotatable bonds is 7. The first-order valence-corrected chi connectivity index (χ1v) is 8.15. The summed E-state index contributed by atoms with van der Waals surface area (Å²) in [6, 6.07) is 10.3. The summed E-state index contributed by atoms with van der Waals surface area (Å²) >= 11 is 6.03. The molecule has 1 amide bonds. The van der Waals surface area contributed by atoms with Gasteiger partial charge in [0.05, 0.1) is 19.4 Å². The van der Waals surface area contributed by atoms with Crippen LogP contribution in [0.1, 0.15) is 18.1 Å². The number of nitrogens with one attached hydrogen (secondary N) is 2. The summed E-state index contributed by atoms with van der Waals surface area (Å²) in [7, 11) is 0. The number of aromatic hydroxyl groups is 1. The van der Waals surface area contributed by atoms with Gasteiger partial charge in [0.15, 0.2) is 11.5 Å². The molecule has 0 aromatic heterocycles. The number of ether oxygens (including phenoxy) is 1. The number of halogens is 1. The molecule has 2 aromatic carbocycles. The monoisotopic (exact) mass is 361 g/mol. The van der Waals surface area contributed by atoms with E-state index in [4.69, 9.17) is 16.3 Å². The van der Waals surface area contributed by atoms with Crippen LogP contribution in [0.25, 0.3) is 0 Å². The van der Waals surface area contributed by atoms with Crippen molar-refractivity contribution in [3.05, 3.63) is 52.5 Å². The molecule has 0 saturated carbocycles. The lowest BCUT2D eigenvalue weighted by Gasteiger charge is -2.09. The summed E-state index contributed by atoms with van der Waals surface area (Å²) in [4.78, 5) is 11.8. The van der Waals surface area contributed by atoms with Crippen LogP contribution in [-0.4, -0.2) is 30.4 Å². The molecule has 0 radical (unpaired) electrons. The minimum absolute atomic E-state index is 0.0594. The van der Waals surface area contributed by atoms with Gasteiger partial charge in [-0.3, -0.25) is 4.79 Å². The smallest absolute Gasteiger partial charge is 0.259 e. The number of hydrazone groups is 1. The summed E-state index contributed by atoms with van der Waals surface area (Å²) in [5.74, 6) is 0.138. The molecule has 0 atom stereocenters. The van der Waals surface area contributed by atoms with Gasteiger partial charge in [-0.2, -0.15) is 5.10 Å². The molecule has 0 spiro atoms. The number of phenolic OH excluding ortho intramolecular Hbond substituents is 1. The second kappa shape index (κ2) is 8.94. The molecule has 6 nitrogen and oxygen atoms in total. The van der Waals surface area contributed by atoms with Crippen LogP contribution in [-0.2, 0) is 4.79 Å². The zero-order chi connectivity index (χ0) is 18.2. The van der Waals surface area contributed by atoms with E-state index in [1.807, 2.05) is 26.0 Å². The average molecular weight is 362 g/mol. The average Bonchev–Trinajstić information content (AvgIpc) is 2.59. The lowest BCUT2D eigenvalue weighted by molar-refractivity contribution is -0.119.